The molecule has 8 nitrogen and oxygen atoms in total. The first-order valence-corrected chi connectivity index (χ1v) is 15.6. The van der Waals surface area contributed by atoms with Gasteiger partial charge in [-0.25, -0.2) is 0 Å². The number of carbonyl (C=O) groups is 3. The molecular weight excluding hydrogens is 551 g/mol. The summed E-state index contributed by atoms with van der Waals surface area (Å²) >= 11 is 12.2. The van der Waals surface area contributed by atoms with Crippen LogP contribution in [0.2, 0.25) is 10.0 Å². The monoisotopic (exact) mass is 588 g/mol. The van der Waals surface area contributed by atoms with Crippen LogP contribution in [0.1, 0.15) is 57.8 Å². The van der Waals surface area contributed by atoms with E-state index in [1.165, 1.54) is 25.7 Å². The van der Waals surface area contributed by atoms with Crippen LogP contribution in [-0.4, -0.2) is 77.5 Å². The van der Waals surface area contributed by atoms with Crippen LogP contribution in [0.15, 0.2) is 30.4 Å². The first kappa shape index (κ1) is 28.0. The lowest BCUT2D eigenvalue weighted by Gasteiger charge is -2.34. The number of nitrogens with zero attached hydrogens (tertiary/aromatic N) is 2. The van der Waals surface area contributed by atoms with Crippen LogP contribution < -0.4 is 10.6 Å². The van der Waals surface area contributed by atoms with Gasteiger partial charge in [-0.05, 0) is 69.9 Å². The van der Waals surface area contributed by atoms with Gasteiger partial charge in [-0.1, -0.05) is 61.0 Å². The molecule has 2 bridgehead atoms. The third kappa shape index (κ3) is 5.17. The number of benzene rings is 1. The number of fused-ring (bicyclic) bond motifs is 1. The van der Waals surface area contributed by atoms with Gasteiger partial charge in [-0.15, -0.1) is 0 Å². The minimum absolute atomic E-state index is 0.110. The van der Waals surface area contributed by atoms with Crippen molar-refractivity contribution in [1.29, 1.82) is 0 Å². The van der Waals surface area contributed by atoms with Gasteiger partial charge in [-0.3, -0.25) is 14.4 Å². The van der Waals surface area contributed by atoms with Crippen LogP contribution >= 0.6 is 23.2 Å². The second-order valence-electron chi connectivity index (χ2n) is 12.0. The third-order valence-corrected chi connectivity index (χ3v) is 10.1. The molecule has 3 saturated heterocycles. The van der Waals surface area contributed by atoms with E-state index in [1.807, 2.05) is 12.2 Å². The van der Waals surface area contributed by atoms with Gasteiger partial charge in [0.15, 0.2) is 0 Å². The number of nitrogens with one attached hydrogen (secondary N) is 2. The fourth-order valence-electron chi connectivity index (χ4n) is 7.48. The number of halogens is 2. The standard InChI is InChI=1S/C30H38Cl2N4O4/c31-21-11-10-20(18-22(21)32)34-27(37)24-23-12-13-30(40-23)25(24)29(39)36(17-7-16-35-14-5-2-6-15-35)26(30)28(38)33-19-8-3-1-4-9-19/h10-13,18-19,23-26H,1-9,14-17H2,(H,33,38)(H,34,37)/t23-,24-,25-,26-,30-/m0/s1. The van der Waals surface area contributed by atoms with Crippen LogP contribution in [0.4, 0.5) is 5.69 Å². The topological polar surface area (TPSA) is 91.0 Å². The zero-order valence-corrected chi connectivity index (χ0v) is 24.3. The van der Waals surface area contributed by atoms with E-state index in [0.29, 0.717) is 22.3 Å². The van der Waals surface area contributed by atoms with E-state index in [-0.39, 0.29) is 23.8 Å². The highest BCUT2D eigenvalue weighted by atomic mass is 35.5. The van der Waals surface area contributed by atoms with Crippen LogP contribution in [0, 0.1) is 11.8 Å². The smallest absolute Gasteiger partial charge is 0.246 e. The molecule has 0 aromatic heterocycles. The zero-order valence-electron chi connectivity index (χ0n) is 22.7. The minimum atomic E-state index is -1.15. The number of ether oxygens (including phenoxy) is 1. The molecule has 5 aliphatic rings. The Hall–Kier alpha value is -2.13. The Labute approximate surface area is 245 Å². The summed E-state index contributed by atoms with van der Waals surface area (Å²) in [4.78, 5) is 45.8. The normalized spacial score (nSPS) is 31.9. The summed E-state index contributed by atoms with van der Waals surface area (Å²) in [6, 6.07) is 4.20. The number of amides is 3. The molecule has 40 heavy (non-hydrogen) atoms. The second-order valence-corrected chi connectivity index (χ2v) is 12.8. The SMILES string of the molecule is O=C(Nc1ccc(Cl)c(Cl)c1)[C@H]1[C@@H]2C=C[C@]3(O2)[C@@H]1C(=O)N(CCCN1CCCCC1)[C@H]3C(=O)NC1CCCCC1. The first-order chi connectivity index (χ1) is 19.4. The van der Waals surface area contributed by atoms with E-state index >= 15 is 0 Å². The molecule has 4 aliphatic heterocycles. The fourth-order valence-corrected chi connectivity index (χ4v) is 7.78. The summed E-state index contributed by atoms with van der Waals surface area (Å²) < 4.78 is 6.47. The molecule has 1 aliphatic carbocycles. The largest absolute Gasteiger partial charge is 0.359 e. The van der Waals surface area contributed by atoms with Crippen molar-refractivity contribution in [3.05, 3.63) is 40.4 Å². The third-order valence-electron chi connectivity index (χ3n) is 9.39. The minimum Gasteiger partial charge on any atom is -0.359 e. The summed E-state index contributed by atoms with van der Waals surface area (Å²) in [5.41, 5.74) is -0.652. The number of hydrogen-bond acceptors (Lipinski definition) is 5. The Morgan fingerprint density at radius 3 is 2.48 bits per heavy atom. The van der Waals surface area contributed by atoms with Crippen molar-refractivity contribution in [3.63, 3.8) is 0 Å². The molecule has 3 amide bonds. The van der Waals surface area contributed by atoms with Gasteiger partial charge in [0, 0.05) is 18.3 Å². The van der Waals surface area contributed by atoms with Crippen molar-refractivity contribution < 1.29 is 19.1 Å². The lowest BCUT2D eigenvalue weighted by atomic mass is 9.74. The Morgan fingerprint density at radius 2 is 1.73 bits per heavy atom. The summed E-state index contributed by atoms with van der Waals surface area (Å²) in [5, 5.41) is 6.88. The molecule has 4 fully saturated rings. The average Bonchev–Trinajstić information content (AvgIpc) is 3.59. The van der Waals surface area contributed by atoms with Crippen molar-refractivity contribution in [2.75, 3.05) is 31.5 Å². The molecule has 1 saturated carbocycles. The number of hydrogen-bond donors (Lipinski definition) is 2. The lowest BCUT2D eigenvalue weighted by Crippen LogP contribution is -2.56. The summed E-state index contributed by atoms with van der Waals surface area (Å²) in [5.74, 6) is -2.18. The van der Waals surface area contributed by atoms with E-state index in [9.17, 15) is 14.4 Å². The van der Waals surface area contributed by atoms with E-state index in [0.717, 1.165) is 51.7 Å². The maximum atomic E-state index is 14.1. The van der Waals surface area contributed by atoms with Crippen molar-refractivity contribution in [2.24, 2.45) is 11.8 Å². The van der Waals surface area contributed by atoms with Gasteiger partial charge in [0.2, 0.25) is 17.7 Å². The molecule has 4 heterocycles. The van der Waals surface area contributed by atoms with Gasteiger partial charge >= 0.3 is 0 Å². The second kappa shape index (κ2) is 11.6. The fraction of sp³-hybridized carbons (Fsp3) is 0.633. The summed E-state index contributed by atoms with van der Waals surface area (Å²) in [7, 11) is 0. The van der Waals surface area contributed by atoms with Crippen LogP contribution in [0.3, 0.4) is 0 Å². The molecule has 1 aromatic carbocycles. The van der Waals surface area contributed by atoms with Gasteiger partial charge in [0.25, 0.3) is 0 Å². The molecule has 2 N–H and O–H groups in total. The van der Waals surface area contributed by atoms with Crippen molar-refractivity contribution in [1.82, 2.24) is 15.1 Å². The molecule has 1 spiro atoms. The lowest BCUT2D eigenvalue weighted by molar-refractivity contribution is -0.141. The highest BCUT2D eigenvalue weighted by Crippen LogP contribution is 2.55. The molecule has 10 heteroatoms. The van der Waals surface area contributed by atoms with Crippen molar-refractivity contribution in [3.8, 4) is 0 Å². The van der Waals surface area contributed by atoms with Crippen LogP contribution in [-0.2, 0) is 19.1 Å². The zero-order chi connectivity index (χ0) is 27.9. The Morgan fingerprint density at radius 1 is 0.975 bits per heavy atom. The Bertz CT molecular complexity index is 1180. The van der Waals surface area contributed by atoms with E-state index in [4.69, 9.17) is 27.9 Å². The van der Waals surface area contributed by atoms with Crippen LogP contribution in [0.5, 0.6) is 0 Å². The number of likely N-dealkylation sites (tertiary alicyclic amines) is 2. The summed E-state index contributed by atoms with van der Waals surface area (Å²) in [6.07, 6.45) is 12.9. The quantitative estimate of drug-likeness (QED) is 0.439. The molecule has 1 aromatic rings. The van der Waals surface area contributed by atoms with Crippen LogP contribution in [0.25, 0.3) is 0 Å². The summed E-state index contributed by atoms with van der Waals surface area (Å²) in [6.45, 7) is 3.51. The van der Waals surface area contributed by atoms with Gasteiger partial charge < -0.3 is 25.2 Å². The maximum absolute atomic E-state index is 14.1. The molecule has 0 unspecified atom stereocenters. The predicted octanol–water partition coefficient (Wildman–Crippen LogP) is 4.41. The molecular formula is C30H38Cl2N4O4. The van der Waals surface area contributed by atoms with E-state index in [2.05, 4.69) is 15.5 Å². The van der Waals surface area contributed by atoms with Gasteiger partial charge in [0.05, 0.1) is 28.0 Å². The number of piperidine rings is 1. The van der Waals surface area contributed by atoms with E-state index in [1.54, 1.807) is 23.1 Å². The van der Waals surface area contributed by atoms with Crippen molar-refractivity contribution >= 4 is 46.6 Å². The van der Waals surface area contributed by atoms with E-state index < -0.39 is 29.6 Å². The van der Waals surface area contributed by atoms with Gasteiger partial charge in [0.1, 0.15) is 11.6 Å². The van der Waals surface area contributed by atoms with Gasteiger partial charge in [-0.2, -0.15) is 0 Å². The maximum Gasteiger partial charge on any atom is 0.246 e. The highest BCUT2D eigenvalue weighted by molar-refractivity contribution is 6.42. The molecule has 6 rings (SSSR count). The Balaban J connectivity index is 1.24. The van der Waals surface area contributed by atoms with Crippen molar-refractivity contribution in [2.45, 2.75) is 81.6 Å². The molecule has 216 valence electrons. The first-order valence-electron chi connectivity index (χ1n) is 14.8. The molecule has 0 radical (unpaired) electrons. The average molecular weight is 590 g/mol. The number of anilines is 1. The molecule has 5 atom stereocenters. The Kier molecular flexibility index (Phi) is 8.14. The predicted molar refractivity (Wildman–Crippen MR) is 154 cm³/mol. The number of rotatable bonds is 8. The number of carbonyl (C=O) groups excluding carboxylic acids is 3. The highest BCUT2D eigenvalue weighted by Gasteiger charge is 2.72.